The molecule has 1 saturated heterocycles. The van der Waals surface area contributed by atoms with Gasteiger partial charge in [0.25, 0.3) is 0 Å². The standard InChI is InChI=1S/C13H27N3O/c1-15-7-9-16(10-8-15)6-5-14-13(11-17-2)12-3-4-12/h12-14H,3-11H2,1-2H3. The van der Waals surface area contributed by atoms with E-state index in [2.05, 4.69) is 22.2 Å². The number of rotatable bonds is 7. The maximum Gasteiger partial charge on any atom is 0.0618 e. The summed E-state index contributed by atoms with van der Waals surface area (Å²) in [6, 6.07) is 0.590. The van der Waals surface area contributed by atoms with Crippen LogP contribution in [-0.4, -0.2) is 75.9 Å². The normalized spacial score (nSPS) is 25.1. The first kappa shape index (κ1) is 13.3. The van der Waals surface area contributed by atoms with Gasteiger partial charge in [0.05, 0.1) is 6.61 Å². The van der Waals surface area contributed by atoms with E-state index in [1.165, 1.54) is 45.6 Å². The number of ether oxygens (including phenoxy) is 1. The predicted octanol–water partition coefficient (Wildman–Crippen LogP) is 0.248. The fourth-order valence-electron chi connectivity index (χ4n) is 2.52. The van der Waals surface area contributed by atoms with Crippen LogP contribution in [0.5, 0.6) is 0 Å². The summed E-state index contributed by atoms with van der Waals surface area (Å²) in [5.41, 5.74) is 0. The Hall–Kier alpha value is -0.160. The minimum absolute atomic E-state index is 0.590. The average molecular weight is 241 g/mol. The lowest BCUT2D eigenvalue weighted by Gasteiger charge is -2.32. The van der Waals surface area contributed by atoms with Gasteiger partial charge in [0.1, 0.15) is 0 Å². The molecule has 1 aliphatic heterocycles. The third kappa shape index (κ3) is 4.54. The maximum absolute atomic E-state index is 5.28. The molecule has 100 valence electrons. The van der Waals surface area contributed by atoms with Crippen molar-refractivity contribution in [3.8, 4) is 0 Å². The molecule has 0 bridgehead atoms. The Morgan fingerprint density at radius 1 is 1.24 bits per heavy atom. The first-order valence-electron chi connectivity index (χ1n) is 6.93. The van der Waals surface area contributed by atoms with E-state index in [1.807, 2.05) is 0 Å². The Balaban J connectivity index is 1.58. The highest BCUT2D eigenvalue weighted by Crippen LogP contribution is 2.32. The van der Waals surface area contributed by atoms with Crippen molar-refractivity contribution in [2.24, 2.45) is 5.92 Å². The van der Waals surface area contributed by atoms with E-state index in [4.69, 9.17) is 4.74 Å². The van der Waals surface area contributed by atoms with Gasteiger partial charge in [-0.05, 0) is 25.8 Å². The number of hydrogen-bond acceptors (Lipinski definition) is 4. The molecule has 17 heavy (non-hydrogen) atoms. The van der Waals surface area contributed by atoms with Crippen molar-refractivity contribution in [3.05, 3.63) is 0 Å². The quantitative estimate of drug-likeness (QED) is 0.691. The molecule has 1 N–H and O–H groups in total. The summed E-state index contributed by atoms with van der Waals surface area (Å²) >= 11 is 0. The van der Waals surface area contributed by atoms with E-state index in [9.17, 15) is 0 Å². The predicted molar refractivity (Wildman–Crippen MR) is 70.3 cm³/mol. The molecule has 2 rings (SSSR count). The minimum atomic E-state index is 0.590. The summed E-state index contributed by atoms with van der Waals surface area (Å²) in [4.78, 5) is 4.96. The second-order valence-electron chi connectivity index (χ2n) is 5.50. The zero-order chi connectivity index (χ0) is 12.1. The molecule has 2 fully saturated rings. The highest BCUT2D eigenvalue weighted by Gasteiger charge is 2.30. The first-order chi connectivity index (χ1) is 8.29. The summed E-state index contributed by atoms with van der Waals surface area (Å²) < 4.78 is 5.28. The third-order valence-electron chi connectivity index (χ3n) is 3.97. The molecular weight excluding hydrogens is 214 g/mol. The van der Waals surface area contributed by atoms with Gasteiger partial charge in [0, 0.05) is 52.4 Å². The minimum Gasteiger partial charge on any atom is -0.383 e. The molecule has 1 saturated carbocycles. The molecule has 2 aliphatic rings. The molecule has 0 aromatic rings. The van der Waals surface area contributed by atoms with Crippen LogP contribution < -0.4 is 5.32 Å². The Bertz CT molecular complexity index is 213. The average Bonchev–Trinajstić information content (AvgIpc) is 3.15. The molecule has 1 heterocycles. The number of likely N-dealkylation sites (N-methyl/N-ethyl adjacent to an activating group) is 1. The van der Waals surface area contributed by atoms with Crippen LogP contribution in [0.15, 0.2) is 0 Å². The zero-order valence-corrected chi connectivity index (χ0v) is 11.3. The lowest BCUT2D eigenvalue weighted by Crippen LogP contribution is -2.48. The second kappa shape index (κ2) is 6.69. The van der Waals surface area contributed by atoms with Gasteiger partial charge < -0.3 is 15.0 Å². The number of hydrogen-bond donors (Lipinski definition) is 1. The van der Waals surface area contributed by atoms with E-state index in [1.54, 1.807) is 7.11 Å². The van der Waals surface area contributed by atoms with Gasteiger partial charge in [-0.3, -0.25) is 4.90 Å². The fraction of sp³-hybridized carbons (Fsp3) is 1.00. The smallest absolute Gasteiger partial charge is 0.0618 e. The lowest BCUT2D eigenvalue weighted by molar-refractivity contribution is 0.139. The van der Waals surface area contributed by atoms with Crippen molar-refractivity contribution in [3.63, 3.8) is 0 Å². The highest BCUT2D eigenvalue weighted by molar-refractivity contribution is 4.86. The van der Waals surface area contributed by atoms with Crippen LogP contribution in [0.2, 0.25) is 0 Å². The second-order valence-corrected chi connectivity index (χ2v) is 5.50. The van der Waals surface area contributed by atoms with Crippen LogP contribution in [-0.2, 0) is 4.74 Å². The van der Waals surface area contributed by atoms with Crippen molar-refractivity contribution in [1.29, 1.82) is 0 Å². The molecule has 1 unspecified atom stereocenters. The summed E-state index contributed by atoms with van der Waals surface area (Å²) in [5, 5.41) is 3.66. The summed E-state index contributed by atoms with van der Waals surface area (Å²) in [7, 11) is 4.01. The van der Waals surface area contributed by atoms with Crippen LogP contribution in [0.25, 0.3) is 0 Å². The van der Waals surface area contributed by atoms with Gasteiger partial charge in [0.15, 0.2) is 0 Å². The van der Waals surface area contributed by atoms with Crippen molar-refractivity contribution >= 4 is 0 Å². The van der Waals surface area contributed by atoms with Gasteiger partial charge in [-0.1, -0.05) is 0 Å². The number of methoxy groups -OCH3 is 1. The summed E-state index contributed by atoms with van der Waals surface area (Å²) in [6.45, 7) is 8.02. The van der Waals surface area contributed by atoms with Gasteiger partial charge in [-0.2, -0.15) is 0 Å². The van der Waals surface area contributed by atoms with E-state index < -0.39 is 0 Å². The van der Waals surface area contributed by atoms with Crippen LogP contribution in [0.4, 0.5) is 0 Å². The molecule has 0 radical (unpaired) electrons. The summed E-state index contributed by atoms with van der Waals surface area (Å²) in [5.74, 6) is 0.877. The Morgan fingerprint density at radius 3 is 2.53 bits per heavy atom. The molecule has 0 amide bonds. The van der Waals surface area contributed by atoms with Crippen LogP contribution in [0, 0.1) is 5.92 Å². The molecule has 0 aromatic carbocycles. The van der Waals surface area contributed by atoms with E-state index in [0.717, 1.165) is 19.1 Å². The topological polar surface area (TPSA) is 27.7 Å². The summed E-state index contributed by atoms with van der Waals surface area (Å²) in [6.07, 6.45) is 2.77. The molecular formula is C13H27N3O. The highest BCUT2D eigenvalue weighted by atomic mass is 16.5. The maximum atomic E-state index is 5.28. The SMILES string of the molecule is COCC(NCCN1CCN(C)CC1)C1CC1. The first-order valence-corrected chi connectivity index (χ1v) is 6.93. The van der Waals surface area contributed by atoms with Crippen LogP contribution in [0.3, 0.4) is 0 Å². The van der Waals surface area contributed by atoms with Crippen molar-refractivity contribution < 1.29 is 4.74 Å². The Morgan fingerprint density at radius 2 is 1.94 bits per heavy atom. The van der Waals surface area contributed by atoms with Gasteiger partial charge in [-0.25, -0.2) is 0 Å². The molecule has 0 spiro atoms. The largest absolute Gasteiger partial charge is 0.383 e. The lowest BCUT2D eigenvalue weighted by atomic mass is 10.2. The third-order valence-corrected chi connectivity index (χ3v) is 3.97. The van der Waals surface area contributed by atoms with Crippen molar-refractivity contribution in [1.82, 2.24) is 15.1 Å². The van der Waals surface area contributed by atoms with Gasteiger partial charge in [-0.15, -0.1) is 0 Å². The van der Waals surface area contributed by atoms with Crippen molar-refractivity contribution in [2.75, 3.05) is 60.0 Å². The monoisotopic (exact) mass is 241 g/mol. The molecule has 0 aromatic heterocycles. The molecule has 4 heteroatoms. The number of piperazine rings is 1. The Labute approximate surface area is 105 Å². The molecule has 1 atom stereocenters. The van der Waals surface area contributed by atoms with E-state index in [0.29, 0.717) is 6.04 Å². The van der Waals surface area contributed by atoms with Gasteiger partial charge in [0.2, 0.25) is 0 Å². The Kier molecular flexibility index (Phi) is 5.22. The number of nitrogens with one attached hydrogen (secondary N) is 1. The molecule has 1 aliphatic carbocycles. The molecule has 4 nitrogen and oxygen atoms in total. The van der Waals surface area contributed by atoms with Crippen LogP contribution in [0.1, 0.15) is 12.8 Å². The van der Waals surface area contributed by atoms with E-state index in [-0.39, 0.29) is 0 Å². The van der Waals surface area contributed by atoms with Gasteiger partial charge >= 0.3 is 0 Å². The van der Waals surface area contributed by atoms with E-state index >= 15 is 0 Å². The fourth-order valence-corrected chi connectivity index (χ4v) is 2.52. The zero-order valence-electron chi connectivity index (χ0n) is 11.3. The number of nitrogens with zero attached hydrogens (tertiary/aromatic N) is 2. The van der Waals surface area contributed by atoms with Crippen LogP contribution >= 0.6 is 0 Å². The van der Waals surface area contributed by atoms with Crippen molar-refractivity contribution in [2.45, 2.75) is 18.9 Å².